The Morgan fingerprint density at radius 2 is 1.57 bits per heavy atom. The van der Waals surface area contributed by atoms with Gasteiger partial charge in [-0.2, -0.15) is 0 Å². The van der Waals surface area contributed by atoms with Crippen molar-refractivity contribution >= 4 is 75.7 Å². The van der Waals surface area contributed by atoms with E-state index >= 15 is 0 Å². The molecule has 11 heteroatoms. The van der Waals surface area contributed by atoms with Crippen molar-refractivity contribution in [3.63, 3.8) is 0 Å². The lowest BCUT2D eigenvalue weighted by Crippen LogP contribution is -2.32. The van der Waals surface area contributed by atoms with Crippen LogP contribution in [0.3, 0.4) is 0 Å². The molecule has 204 valence electrons. The van der Waals surface area contributed by atoms with Crippen LogP contribution in [0.15, 0.2) is 36.4 Å². The van der Waals surface area contributed by atoms with Crippen molar-refractivity contribution in [2.75, 3.05) is 38.6 Å². The molecule has 0 aliphatic rings. The summed E-state index contributed by atoms with van der Waals surface area (Å²) < 4.78 is 5.42. The zero-order valence-corrected chi connectivity index (χ0v) is 23.4. The van der Waals surface area contributed by atoms with Crippen LogP contribution in [0.2, 0.25) is 5.02 Å². The standard InChI is InChI=1S/C26H34ClN5O3.2ClH/c1-35-19-9-11-22-21(16-19)26(20-10-8-18(27)15-23(20)32-22)31-13-5-3-2-4-12-29-24(33)7-6-14-30-25(34)17-28;;/h8-11,15-16H,2-7,12-14,17,28H2,1H3,(H,29,33)(H,30,34)(H,31,32);2*1H. The number of nitrogens with two attached hydrogens (primary N) is 1. The summed E-state index contributed by atoms with van der Waals surface area (Å²) in [4.78, 5) is 27.7. The smallest absolute Gasteiger partial charge is 0.233 e. The Labute approximate surface area is 235 Å². The molecule has 0 bridgehead atoms. The summed E-state index contributed by atoms with van der Waals surface area (Å²) in [5.41, 5.74) is 8.00. The molecule has 0 aliphatic carbocycles. The van der Waals surface area contributed by atoms with Crippen LogP contribution in [-0.4, -0.2) is 50.1 Å². The quantitative estimate of drug-likeness (QED) is 0.162. The third-order valence-electron chi connectivity index (χ3n) is 5.76. The van der Waals surface area contributed by atoms with Crippen LogP contribution in [0, 0.1) is 0 Å². The number of fused-ring (bicyclic) bond motifs is 2. The number of hydrogen-bond donors (Lipinski definition) is 4. The molecular weight excluding hydrogens is 537 g/mol. The normalized spacial score (nSPS) is 10.4. The van der Waals surface area contributed by atoms with Crippen molar-refractivity contribution < 1.29 is 14.3 Å². The van der Waals surface area contributed by atoms with E-state index in [1.54, 1.807) is 7.11 Å². The van der Waals surface area contributed by atoms with E-state index in [1.807, 2.05) is 36.4 Å². The molecule has 2 amide bonds. The molecule has 0 radical (unpaired) electrons. The molecule has 0 fully saturated rings. The number of pyridine rings is 1. The number of carbonyl (C=O) groups excluding carboxylic acids is 2. The van der Waals surface area contributed by atoms with Crippen molar-refractivity contribution in [2.45, 2.75) is 38.5 Å². The minimum absolute atomic E-state index is 0. The number of amides is 2. The van der Waals surface area contributed by atoms with Crippen LogP contribution in [0.5, 0.6) is 5.75 Å². The zero-order valence-electron chi connectivity index (χ0n) is 21.0. The molecule has 0 aliphatic heterocycles. The van der Waals surface area contributed by atoms with Gasteiger partial charge in [0.05, 0.1) is 30.4 Å². The number of anilines is 1. The average Bonchev–Trinajstić information content (AvgIpc) is 2.86. The highest BCUT2D eigenvalue weighted by Gasteiger charge is 2.11. The molecule has 1 aromatic heterocycles. The predicted octanol–water partition coefficient (Wildman–Crippen LogP) is 4.84. The van der Waals surface area contributed by atoms with Crippen molar-refractivity contribution in [1.29, 1.82) is 0 Å². The number of nitrogens with zero attached hydrogens (tertiary/aromatic N) is 1. The van der Waals surface area contributed by atoms with Gasteiger partial charge in [-0.05, 0) is 55.7 Å². The fraction of sp³-hybridized carbons (Fsp3) is 0.423. The molecule has 3 rings (SSSR count). The number of carbonyl (C=O) groups is 2. The van der Waals surface area contributed by atoms with Crippen LogP contribution in [0.1, 0.15) is 38.5 Å². The van der Waals surface area contributed by atoms with Crippen LogP contribution < -0.4 is 26.4 Å². The number of benzene rings is 2. The molecule has 0 atom stereocenters. The lowest BCUT2D eigenvalue weighted by atomic mass is 10.1. The average molecular weight is 573 g/mol. The molecule has 1 heterocycles. The van der Waals surface area contributed by atoms with Gasteiger partial charge in [-0.3, -0.25) is 9.59 Å². The molecule has 8 nitrogen and oxygen atoms in total. The molecule has 3 aromatic rings. The lowest BCUT2D eigenvalue weighted by Gasteiger charge is -2.14. The molecule has 0 saturated carbocycles. The maximum absolute atomic E-state index is 11.8. The highest BCUT2D eigenvalue weighted by Crippen LogP contribution is 2.34. The summed E-state index contributed by atoms with van der Waals surface area (Å²) in [6, 6.07) is 11.6. The Morgan fingerprint density at radius 1 is 0.865 bits per heavy atom. The fourth-order valence-electron chi connectivity index (χ4n) is 3.90. The summed E-state index contributed by atoms with van der Waals surface area (Å²) in [7, 11) is 1.66. The molecular formula is C26H36Cl3N5O3. The Balaban J connectivity index is 0.00000342. The first kappa shape index (κ1) is 32.5. The van der Waals surface area contributed by atoms with Crippen molar-refractivity contribution in [3.05, 3.63) is 41.4 Å². The molecule has 0 spiro atoms. The summed E-state index contributed by atoms with van der Waals surface area (Å²) in [5.74, 6) is 0.605. The number of rotatable bonds is 14. The minimum atomic E-state index is -0.200. The van der Waals surface area contributed by atoms with Gasteiger partial charge in [-0.1, -0.05) is 24.4 Å². The van der Waals surface area contributed by atoms with Crippen molar-refractivity contribution in [3.8, 4) is 5.75 Å². The summed E-state index contributed by atoms with van der Waals surface area (Å²) in [5, 5.41) is 11.9. The number of unbranched alkanes of at least 4 members (excludes halogenated alkanes) is 3. The Hall–Kier alpha value is -2.52. The van der Waals surface area contributed by atoms with E-state index in [9.17, 15) is 9.59 Å². The van der Waals surface area contributed by atoms with Gasteiger partial charge in [0.25, 0.3) is 0 Å². The SMILES string of the molecule is COc1ccc2nc3cc(Cl)ccc3c(NCCCCCCNC(=O)CCCNC(=O)CN)c2c1.Cl.Cl. The van der Waals surface area contributed by atoms with Crippen molar-refractivity contribution in [1.82, 2.24) is 15.6 Å². The van der Waals surface area contributed by atoms with Gasteiger partial charge in [0.1, 0.15) is 5.75 Å². The number of aromatic nitrogens is 1. The maximum atomic E-state index is 11.8. The van der Waals surface area contributed by atoms with Gasteiger partial charge in [-0.15, -0.1) is 24.8 Å². The number of nitrogens with one attached hydrogen (secondary N) is 3. The number of halogens is 3. The van der Waals surface area contributed by atoms with Gasteiger partial charge in [0.15, 0.2) is 0 Å². The first-order valence-electron chi connectivity index (χ1n) is 12.1. The Bertz CT molecular complexity index is 1160. The van der Waals surface area contributed by atoms with Crippen LogP contribution in [-0.2, 0) is 9.59 Å². The summed E-state index contributed by atoms with van der Waals surface area (Å²) in [6.07, 6.45) is 5.06. The van der Waals surface area contributed by atoms with E-state index in [2.05, 4.69) is 16.0 Å². The second-order valence-corrected chi connectivity index (χ2v) is 8.82. The van der Waals surface area contributed by atoms with Crippen LogP contribution in [0.25, 0.3) is 21.8 Å². The van der Waals surface area contributed by atoms with E-state index in [0.29, 0.717) is 31.0 Å². The number of methoxy groups -OCH3 is 1. The van der Waals surface area contributed by atoms with E-state index < -0.39 is 0 Å². The first-order chi connectivity index (χ1) is 17.0. The van der Waals surface area contributed by atoms with Gasteiger partial charge in [0, 0.05) is 41.9 Å². The number of hydrogen-bond acceptors (Lipinski definition) is 6. The van der Waals surface area contributed by atoms with Gasteiger partial charge in [-0.25, -0.2) is 4.98 Å². The van der Waals surface area contributed by atoms with E-state index in [0.717, 1.165) is 65.5 Å². The second-order valence-electron chi connectivity index (χ2n) is 8.38. The molecule has 0 saturated heterocycles. The Morgan fingerprint density at radius 3 is 2.30 bits per heavy atom. The van der Waals surface area contributed by atoms with Gasteiger partial charge < -0.3 is 26.4 Å². The van der Waals surface area contributed by atoms with E-state index in [1.165, 1.54) is 0 Å². The number of ether oxygens (including phenoxy) is 1. The van der Waals surface area contributed by atoms with Gasteiger partial charge in [0.2, 0.25) is 11.8 Å². The monoisotopic (exact) mass is 571 g/mol. The maximum Gasteiger partial charge on any atom is 0.233 e. The zero-order chi connectivity index (χ0) is 25.0. The lowest BCUT2D eigenvalue weighted by molar-refractivity contribution is -0.122. The van der Waals surface area contributed by atoms with Crippen molar-refractivity contribution in [2.24, 2.45) is 5.73 Å². The molecule has 2 aromatic carbocycles. The van der Waals surface area contributed by atoms with Crippen LogP contribution in [0.4, 0.5) is 5.69 Å². The Kier molecular flexibility index (Phi) is 15.0. The highest BCUT2D eigenvalue weighted by atomic mass is 35.5. The third-order valence-corrected chi connectivity index (χ3v) is 5.99. The molecule has 5 N–H and O–H groups in total. The second kappa shape index (κ2) is 17.1. The minimum Gasteiger partial charge on any atom is -0.497 e. The fourth-order valence-corrected chi connectivity index (χ4v) is 4.06. The topological polar surface area (TPSA) is 118 Å². The molecule has 0 unspecified atom stereocenters. The summed E-state index contributed by atoms with van der Waals surface area (Å²) in [6.45, 7) is 1.94. The first-order valence-corrected chi connectivity index (χ1v) is 12.4. The molecule has 37 heavy (non-hydrogen) atoms. The highest BCUT2D eigenvalue weighted by molar-refractivity contribution is 6.31. The largest absolute Gasteiger partial charge is 0.497 e. The van der Waals surface area contributed by atoms with E-state index in [4.69, 9.17) is 27.1 Å². The van der Waals surface area contributed by atoms with E-state index in [-0.39, 0.29) is 43.2 Å². The van der Waals surface area contributed by atoms with Crippen LogP contribution >= 0.6 is 36.4 Å². The predicted molar refractivity (Wildman–Crippen MR) is 157 cm³/mol. The third kappa shape index (κ3) is 10.0. The summed E-state index contributed by atoms with van der Waals surface area (Å²) >= 11 is 6.20. The van der Waals surface area contributed by atoms with Gasteiger partial charge >= 0.3 is 0 Å².